The van der Waals surface area contributed by atoms with Gasteiger partial charge in [0.2, 0.25) is 5.79 Å². The molecule has 66 valence electrons. The lowest BCUT2D eigenvalue weighted by molar-refractivity contribution is -0.184. The van der Waals surface area contributed by atoms with Crippen molar-refractivity contribution in [1.82, 2.24) is 0 Å². The second kappa shape index (κ2) is 4.31. The van der Waals surface area contributed by atoms with Crippen LogP contribution >= 0.6 is 0 Å². The van der Waals surface area contributed by atoms with Crippen LogP contribution in [-0.4, -0.2) is 21.9 Å². The fraction of sp³-hybridized carbons (Fsp3) is 0.857. The molecule has 0 unspecified atom stereocenters. The Bertz CT molecular complexity index is 134. The van der Waals surface area contributed by atoms with Gasteiger partial charge < -0.3 is 15.9 Å². The first-order valence-corrected chi connectivity index (χ1v) is 3.75. The van der Waals surface area contributed by atoms with Gasteiger partial charge in [0, 0.05) is 6.42 Å². The smallest absolute Gasteiger partial charge is 0.277 e. The molecule has 0 aliphatic rings. The zero-order valence-corrected chi connectivity index (χ0v) is 6.71. The number of primary amides is 1. The molecule has 0 atom stereocenters. The molecular weight excluding hydrogens is 146 g/mol. The van der Waals surface area contributed by atoms with Crippen LogP contribution in [0.1, 0.15) is 32.6 Å². The average molecular weight is 161 g/mol. The Labute approximate surface area is 66.0 Å². The van der Waals surface area contributed by atoms with Gasteiger partial charge >= 0.3 is 0 Å². The summed E-state index contributed by atoms with van der Waals surface area (Å²) in [6.45, 7) is 1.99. The average Bonchev–Trinajstić information content (AvgIpc) is 1.88. The van der Waals surface area contributed by atoms with Gasteiger partial charge in [-0.2, -0.15) is 0 Å². The van der Waals surface area contributed by atoms with Crippen LogP contribution < -0.4 is 5.73 Å². The van der Waals surface area contributed by atoms with Gasteiger partial charge in [0.25, 0.3) is 5.91 Å². The van der Waals surface area contributed by atoms with Crippen molar-refractivity contribution < 1.29 is 15.0 Å². The minimum absolute atomic E-state index is 0.0240. The number of hydrogen-bond acceptors (Lipinski definition) is 3. The third-order valence-electron chi connectivity index (χ3n) is 1.52. The minimum Gasteiger partial charge on any atom is -0.365 e. The van der Waals surface area contributed by atoms with Crippen LogP contribution in [0.2, 0.25) is 0 Å². The molecule has 0 aromatic carbocycles. The monoisotopic (exact) mass is 161 g/mol. The van der Waals surface area contributed by atoms with Crippen LogP contribution in [0.15, 0.2) is 0 Å². The number of rotatable bonds is 5. The SMILES string of the molecule is CCCCCC(O)(O)C(N)=O. The van der Waals surface area contributed by atoms with Crippen LogP contribution in [-0.2, 0) is 4.79 Å². The van der Waals surface area contributed by atoms with E-state index in [1.54, 1.807) is 0 Å². The Hall–Kier alpha value is -0.610. The molecule has 11 heavy (non-hydrogen) atoms. The number of unbranched alkanes of at least 4 members (excludes halogenated alkanes) is 2. The van der Waals surface area contributed by atoms with E-state index in [0.717, 1.165) is 12.8 Å². The molecule has 4 N–H and O–H groups in total. The van der Waals surface area contributed by atoms with Gasteiger partial charge in [-0.3, -0.25) is 4.79 Å². The quantitative estimate of drug-likeness (QED) is 0.383. The van der Waals surface area contributed by atoms with Gasteiger partial charge in [0.15, 0.2) is 0 Å². The summed E-state index contributed by atoms with van der Waals surface area (Å²) in [5.41, 5.74) is 4.71. The second-order valence-electron chi connectivity index (χ2n) is 2.64. The molecule has 0 aliphatic carbocycles. The number of carbonyl (C=O) groups is 1. The van der Waals surface area contributed by atoms with Gasteiger partial charge in [0.1, 0.15) is 0 Å². The molecule has 0 rings (SSSR count). The molecule has 1 amide bonds. The summed E-state index contributed by atoms with van der Waals surface area (Å²) in [5, 5.41) is 17.8. The van der Waals surface area contributed by atoms with E-state index in [2.05, 4.69) is 0 Å². The van der Waals surface area contributed by atoms with E-state index >= 15 is 0 Å². The van der Waals surface area contributed by atoms with Gasteiger partial charge in [-0.25, -0.2) is 0 Å². The summed E-state index contributed by atoms with van der Waals surface area (Å²) in [5.74, 6) is -3.39. The topological polar surface area (TPSA) is 83.6 Å². The van der Waals surface area contributed by atoms with E-state index in [-0.39, 0.29) is 6.42 Å². The van der Waals surface area contributed by atoms with Gasteiger partial charge in [-0.05, 0) is 6.42 Å². The fourth-order valence-corrected chi connectivity index (χ4v) is 0.745. The first kappa shape index (κ1) is 10.4. The number of carbonyl (C=O) groups excluding carboxylic acids is 1. The number of hydrogen-bond donors (Lipinski definition) is 3. The van der Waals surface area contributed by atoms with E-state index in [9.17, 15) is 4.79 Å². The first-order chi connectivity index (χ1) is 5.00. The summed E-state index contributed by atoms with van der Waals surface area (Å²) in [6.07, 6.45) is 2.47. The van der Waals surface area contributed by atoms with E-state index in [0.29, 0.717) is 6.42 Å². The third kappa shape index (κ3) is 3.95. The molecule has 0 bridgehead atoms. The molecule has 0 aromatic heterocycles. The molecule has 0 radical (unpaired) electrons. The van der Waals surface area contributed by atoms with Gasteiger partial charge in [0.05, 0.1) is 0 Å². The van der Waals surface area contributed by atoms with Crippen molar-refractivity contribution in [3.63, 3.8) is 0 Å². The van der Waals surface area contributed by atoms with Gasteiger partial charge in [-0.15, -0.1) is 0 Å². The van der Waals surface area contributed by atoms with Crippen LogP contribution in [0.4, 0.5) is 0 Å². The lowest BCUT2D eigenvalue weighted by atomic mass is 10.1. The number of amides is 1. The minimum atomic E-state index is -2.31. The van der Waals surface area contributed by atoms with Crippen molar-refractivity contribution in [2.24, 2.45) is 5.73 Å². The van der Waals surface area contributed by atoms with Crippen LogP contribution in [0.5, 0.6) is 0 Å². The Morgan fingerprint density at radius 2 is 2.00 bits per heavy atom. The summed E-state index contributed by atoms with van der Waals surface area (Å²) in [4.78, 5) is 10.3. The molecule has 0 spiro atoms. The number of nitrogens with two attached hydrogens (primary N) is 1. The Balaban J connectivity index is 3.64. The predicted molar refractivity (Wildman–Crippen MR) is 40.5 cm³/mol. The molecule has 0 aliphatic heterocycles. The zero-order chi connectivity index (χ0) is 8.91. The van der Waals surface area contributed by atoms with Crippen LogP contribution in [0.25, 0.3) is 0 Å². The molecule has 0 saturated heterocycles. The summed E-state index contributed by atoms with van der Waals surface area (Å²) in [7, 11) is 0. The Kier molecular flexibility index (Phi) is 4.07. The van der Waals surface area contributed by atoms with Crippen LogP contribution in [0, 0.1) is 0 Å². The molecule has 4 heteroatoms. The molecule has 0 fully saturated rings. The predicted octanol–water partition coefficient (Wildman–Crippen LogP) is -0.267. The number of aliphatic hydroxyl groups is 2. The maximum absolute atomic E-state index is 10.3. The van der Waals surface area contributed by atoms with Crippen molar-refractivity contribution >= 4 is 5.91 Å². The van der Waals surface area contributed by atoms with E-state index in [1.165, 1.54) is 0 Å². The summed E-state index contributed by atoms with van der Waals surface area (Å²) < 4.78 is 0. The second-order valence-corrected chi connectivity index (χ2v) is 2.64. The highest BCUT2D eigenvalue weighted by atomic mass is 16.5. The Morgan fingerprint density at radius 1 is 1.45 bits per heavy atom. The molecule has 4 nitrogen and oxygen atoms in total. The van der Waals surface area contributed by atoms with Crippen LogP contribution in [0.3, 0.4) is 0 Å². The highest BCUT2D eigenvalue weighted by Crippen LogP contribution is 2.10. The van der Waals surface area contributed by atoms with Crippen molar-refractivity contribution in [1.29, 1.82) is 0 Å². The Morgan fingerprint density at radius 3 is 2.36 bits per heavy atom. The van der Waals surface area contributed by atoms with Crippen molar-refractivity contribution in [2.45, 2.75) is 38.4 Å². The van der Waals surface area contributed by atoms with E-state index in [4.69, 9.17) is 15.9 Å². The summed E-state index contributed by atoms with van der Waals surface area (Å²) in [6, 6.07) is 0. The lowest BCUT2D eigenvalue weighted by Gasteiger charge is -2.16. The van der Waals surface area contributed by atoms with E-state index in [1.807, 2.05) is 6.92 Å². The molecule has 0 heterocycles. The van der Waals surface area contributed by atoms with E-state index < -0.39 is 11.7 Å². The largest absolute Gasteiger partial charge is 0.365 e. The molecule has 0 aromatic rings. The maximum atomic E-state index is 10.3. The standard InChI is InChI=1S/C7H15NO3/c1-2-3-4-5-7(10,11)6(8)9/h10-11H,2-5H2,1H3,(H2,8,9). The van der Waals surface area contributed by atoms with Crippen molar-refractivity contribution in [3.8, 4) is 0 Å². The molecular formula is C7H15NO3. The fourth-order valence-electron chi connectivity index (χ4n) is 0.745. The third-order valence-corrected chi connectivity index (χ3v) is 1.52. The first-order valence-electron chi connectivity index (χ1n) is 3.75. The maximum Gasteiger partial charge on any atom is 0.277 e. The van der Waals surface area contributed by atoms with Gasteiger partial charge in [-0.1, -0.05) is 19.8 Å². The summed E-state index contributed by atoms with van der Waals surface area (Å²) >= 11 is 0. The molecule has 0 saturated carbocycles. The highest BCUT2D eigenvalue weighted by Gasteiger charge is 2.29. The normalized spacial score (nSPS) is 11.5. The lowest BCUT2D eigenvalue weighted by Crippen LogP contribution is -2.43. The zero-order valence-electron chi connectivity index (χ0n) is 6.71. The van der Waals surface area contributed by atoms with Crippen molar-refractivity contribution in [3.05, 3.63) is 0 Å². The van der Waals surface area contributed by atoms with Crippen molar-refractivity contribution in [2.75, 3.05) is 0 Å². The highest BCUT2D eigenvalue weighted by molar-refractivity contribution is 5.81.